The van der Waals surface area contributed by atoms with Crippen molar-refractivity contribution in [3.05, 3.63) is 74.5 Å². The van der Waals surface area contributed by atoms with E-state index in [0.717, 1.165) is 0 Å². The van der Waals surface area contributed by atoms with Crippen LogP contribution in [-0.2, 0) is 32.4 Å². The van der Waals surface area contributed by atoms with Crippen LogP contribution in [0.2, 0.25) is 10.0 Å². The molecule has 1 atom stereocenters. The van der Waals surface area contributed by atoms with Gasteiger partial charge < -0.3 is 9.64 Å². The number of alkyl halides is 3. The zero-order valence-electron chi connectivity index (χ0n) is 24.2. The molecule has 5 rings (SSSR count). The van der Waals surface area contributed by atoms with E-state index in [1.807, 2.05) is 0 Å². The Hall–Kier alpha value is -3.09. The SMILES string of the molecule is CC(C)(C)OC(=O)c1ccc(-c2cc(Cl)c(Cc3c4c(nn3S(=O)(=O)C(F)(F)F)CCC[C@H]4N3CCCC3=O)c(Cl)c2)cc1. The molecule has 0 bridgehead atoms. The van der Waals surface area contributed by atoms with E-state index in [4.69, 9.17) is 27.9 Å². The Balaban J connectivity index is 1.55. The summed E-state index contributed by atoms with van der Waals surface area (Å²) in [7, 11) is -5.90. The second kappa shape index (κ2) is 11.7. The van der Waals surface area contributed by atoms with Gasteiger partial charge in [0.15, 0.2) is 0 Å². The second-order valence-corrected chi connectivity index (χ2v) is 14.4. The minimum absolute atomic E-state index is 0.0481. The molecule has 0 N–H and O–H groups in total. The highest BCUT2D eigenvalue weighted by Gasteiger charge is 2.50. The van der Waals surface area contributed by atoms with Gasteiger partial charge in [-0.15, -0.1) is 0 Å². The normalized spacial score (nSPS) is 17.6. The molecule has 2 aromatic carbocycles. The van der Waals surface area contributed by atoms with Gasteiger partial charge in [0.05, 0.1) is 23.0 Å². The Kier molecular flexibility index (Phi) is 8.58. The number of carbonyl (C=O) groups excluding carboxylic acids is 2. The molecular weight excluding hydrogens is 642 g/mol. The fraction of sp³-hybridized carbons (Fsp3) is 0.433. The van der Waals surface area contributed by atoms with Crippen LogP contribution in [0.5, 0.6) is 0 Å². The molecule has 3 aromatic rings. The standard InChI is InChI=1S/C30H30Cl2F3N3O5S/c1-29(2,3)43-28(40)18-11-9-17(10-12-18)19-14-21(31)20(22(32)15-19)16-25-27-23(36-38(25)44(41,42)30(33,34)35)6-4-7-24(27)37-13-5-8-26(37)39/h9-12,14-15,24H,4-8,13,16H2,1-3H3/t24-/m1/s1. The summed E-state index contributed by atoms with van der Waals surface area (Å²) in [5.74, 6) is -0.628. The molecule has 1 fully saturated rings. The summed E-state index contributed by atoms with van der Waals surface area (Å²) < 4.78 is 72.4. The molecular formula is C30H30Cl2F3N3O5S. The highest BCUT2D eigenvalue weighted by atomic mass is 35.5. The third-order valence-electron chi connectivity index (χ3n) is 7.63. The van der Waals surface area contributed by atoms with Crippen molar-refractivity contribution >= 4 is 45.1 Å². The van der Waals surface area contributed by atoms with Gasteiger partial charge >= 0.3 is 21.5 Å². The predicted molar refractivity (Wildman–Crippen MR) is 159 cm³/mol. The Labute approximate surface area is 263 Å². The minimum Gasteiger partial charge on any atom is -0.456 e. The molecule has 14 heteroatoms. The van der Waals surface area contributed by atoms with Gasteiger partial charge in [-0.1, -0.05) is 35.3 Å². The summed E-state index contributed by atoms with van der Waals surface area (Å²) in [6, 6.07) is 9.06. The molecule has 0 saturated carbocycles. The van der Waals surface area contributed by atoms with Crippen LogP contribution in [0.15, 0.2) is 36.4 Å². The fourth-order valence-electron chi connectivity index (χ4n) is 5.68. The van der Waals surface area contributed by atoms with E-state index in [1.54, 1.807) is 62.1 Å². The average molecular weight is 673 g/mol. The van der Waals surface area contributed by atoms with Crippen molar-refractivity contribution in [2.45, 2.75) is 76.4 Å². The summed E-state index contributed by atoms with van der Waals surface area (Å²) in [6.45, 7) is 5.71. The van der Waals surface area contributed by atoms with Gasteiger partial charge in [0.1, 0.15) is 5.60 Å². The van der Waals surface area contributed by atoms with Gasteiger partial charge in [-0.3, -0.25) is 4.79 Å². The number of hydrogen-bond acceptors (Lipinski definition) is 6. The maximum atomic E-state index is 13.8. The first-order valence-electron chi connectivity index (χ1n) is 14.0. The number of benzene rings is 2. The van der Waals surface area contributed by atoms with Crippen LogP contribution in [0.4, 0.5) is 13.2 Å². The number of ether oxygens (including phenoxy) is 1. The van der Waals surface area contributed by atoms with Crippen LogP contribution in [0, 0.1) is 0 Å². The molecule has 44 heavy (non-hydrogen) atoms. The van der Waals surface area contributed by atoms with Gasteiger partial charge in [-0.25, -0.2) is 4.79 Å². The second-order valence-electron chi connectivity index (χ2n) is 11.9. The van der Waals surface area contributed by atoms with E-state index < -0.39 is 33.1 Å². The van der Waals surface area contributed by atoms with Crippen LogP contribution < -0.4 is 0 Å². The fourth-order valence-corrected chi connectivity index (χ4v) is 7.16. The van der Waals surface area contributed by atoms with E-state index in [0.29, 0.717) is 54.5 Å². The minimum atomic E-state index is -5.90. The smallest absolute Gasteiger partial charge is 0.456 e. The first kappa shape index (κ1) is 32.3. The number of likely N-dealkylation sites (tertiary alicyclic amines) is 1. The number of nitrogens with zero attached hydrogens (tertiary/aromatic N) is 3. The molecule has 1 aliphatic heterocycles. The monoisotopic (exact) mass is 671 g/mol. The number of fused-ring (bicyclic) bond motifs is 1. The van der Waals surface area contributed by atoms with Gasteiger partial charge in [0, 0.05) is 35.0 Å². The number of amides is 1. The molecule has 8 nitrogen and oxygen atoms in total. The lowest BCUT2D eigenvalue weighted by molar-refractivity contribution is -0.130. The van der Waals surface area contributed by atoms with Gasteiger partial charge in [0.2, 0.25) is 5.91 Å². The van der Waals surface area contributed by atoms with Crippen LogP contribution in [0.1, 0.15) is 85.4 Å². The Bertz CT molecular complexity index is 1710. The molecule has 2 aliphatic rings. The zero-order chi connectivity index (χ0) is 32.2. The maximum Gasteiger partial charge on any atom is 0.518 e. The first-order chi connectivity index (χ1) is 20.5. The summed E-state index contributed by atoms with van der Waals surface area (Å²) >= 11 is 13.3. The Morgan fingerprint density at radius 1 is 1.02 bits per heavy atom. The quantitative estimate of drug-likeness (QED) is 0.259. The zero-order valence-corrected chi connectivity index (χ0v) is 26.5. The van der Waals surface area contributed by atoms with Crippen molar-refractivity contribution in [1.29, 1.82) is 0 Å². The van der Waals surface area contributed by atoms with E-state index in [2.05, 4.69) is 5.10 Å². The summed E-state index contributed by atoms with van der Waals surface area (Å²) in [5.41, 5.74) is -4.22. The lowest BCUT2D eigenvalue weighted by Crippen LogP contribution is -2.34. The molecule has 1 aromatic heterocycles. The number of rotatable bonds is 6. The number of hydrogen-bond donors (Lipinski definition) is 0. The van der Waals surface area contributed by atoms with Gasteiger partial charge in [-0.05, 0) is 87.4 Å². The lowest BCUT2D eigenvalue weighted by Gasteiger charge is -2.31. The number of aryl methyl sites for hydroxylation is 1. The van der Waals surface area contributed by atoms with E-state index in [1.165, 1.54) is 0 Å². The molecule has 2 heterocycles. The van der Waals surface area contributed by atoms with Crippen LogP contribution in [-0.4, -0.2) is 52.0 Å². The number of carbonyl (C=O) groups is 2. The highest BCUT2D eigenvalue weighted by molar-refractivity contribution is 7.90. The number of esters is 1. The van der Waals surface area contributed by atoms with E-state index in [-0.39, 0.29) is 49.8 Å². The third kappa shape index (κ3) is 6.21. The van der Waals surface area contributed by atoms with Crippen LogP contribution >= 0.6 is 23.2 Å². The molecule has 1 aliphatic carbocycles. The van der Waals surface area contributed by atoms with Crippen molar-refractivity contribution in [2.75, 3.05) is 6.54 Å². The van der Waals surface area contributed by atoms with Crippen molar-refractivity contribution in [3.63, 3.8) is 0 Å². The largest absolute Gasteiger partial charge is 0.518 e. The molecule has 1 amide bonds. The molecule has 0 unspecified atom stereocenters. The highest BCUT2D eigenvalue weighted by Crippen LogP contribution is 2.42. The molecule has 0 radical (unpaired) electrons. The van der Waals surface area contributed by atoms with Gasteiger partial charge in [0.25, 0.3) is 0 Å². The van der Waals surface area contributed by atoms with Crippen molar-refractivity contribution in [3.8, 4) is 11.1 Å². The lowest BCUT2D eigenvalue weighted by atomic mass is 9.88. The third-order valence-corrected chi connectivity index (χ3v) is 9.65. The molecule has 0 spiro atoms. The predicted octanol–water partition coefficient (Wildman–Crippen LogP) is 7.10. The Morgan fingerprint density at radius 2 is 1.66 bits per heavy atom. The van der Waals surface area contributed by atoms with E-state index >= 15 is 0 Å². The van der Waals surface area contributed by atoms with Gasteiger partial charge in [-0.2, -0.15) is 30.8 Å². The first-order valence-corrected chi connectivity index (χ1v) is 16.2. The van der Waals surface area contributed by atoms with E-state index in [9.17, 15) is 31.2 Å². The maximum absolute atomic E-state index is 13.8. The number of halogens is 5. The Morgan fingerprint density at radius 3 is 2.20 bits per heavy atom. The summed E-state index contributed by atoms with van der Waals surface area (Å²) in [4.78, 5) is 26.6. The molecule has 1 saturated heterocycles. The molecule has 236 valence electrons. The topological polar surface area (TPSA) is 98.6 Å². The van der Waals surface area contributed by atoms with Crippen molar-refractivity contribution in [2.24, 2.45) is 0 Å². The summed E-state index contributed by atoms with van der Waals surface area (Å²) in [5, 5.41) is 4.14. The summed E-state index contributed by atoms with van der Waals surface area (Å²) in [6.07, 6.45) is 1.81. The average Bonchev–Trinajstić information content (AvgIpc) is 3.52. The van der Waals surface area contributed by atoms with Crippen molar-refractivity contribution in [1.82, 2.24) is 14.1 Å². The van der Waals surface area contributed by atoms with Crippen LogP contribution in [0.3, 0.4) is 0 Å². The number of aromatic nitrogens is 2. The van der Waals surface area contributed by atoms with Crippen LogP contribution in [0.25, 0.3) is 11.1 Å². The van der Waals surface area contributed by atoms with Crippen molar-refractivity contribution < 1.29 is 35.9 Å².